The van der Waals surface area contributed by atoms with Gasteiger partial charge >= 0.3 is 5.97 Å². The molecule has 0 saturated carbocycles. The fourth-order valence-corrected chi connectivity index (χ4v) is 1.90. The lowest BCUT2D eigenvalue weighted by molar-refractivity contribution is 0.0699. The molecule has 0 bridgehead atoms. The van der Waals surface area contributed by atoms with Gasteiger partial charge in [-0.1, -0.05) is 6.07 Å². The first-order valence-electron chi connectivity index (χ1n) is 5.38. The summed E-state index contributed by atoms with van der Waals surface area (Å²) in [5.74, 6) is -0.323. The van der Waals surface area contributed by atoms with Gasteiger partial charge in [-0.15, -0.1) is 0 Å². The number of hydrogen-bond donors (Lipinski definition) is 1. The Morgan fingerprint density at radius 3 is 2.67 bits per heavy atom. The zero-order valence-electron chi connectivity index (χ0n) is 9.32. The van der Waals surface area contributed by atoms with E-state index in [1.165, 1.54) is 0 Å². The molecule has 0 aliphatic rings. The Balaban J connectivity index is 2.34. The maximum absolute atomic E-state index is 11.2. The zero-order valence-corrected chi connectivity index (χ0v) is 9.32. The third-order valence-corrected chi connectivity index (χ3v) is 2.69. The molecule has 5 nitrogen and oxygen atoms in total. The first kappa shape index (κ1) is 10.5. The number of aromatic nitrogens is 3. The molecule has 0 radical (unpaired) electrons. The van der Waals surface area contributed by atoms with E-state index < -0.39 is 5.97 Å². The molecule has 3 rings (SSSR count). The van der Waals surface area contributed by atoms with Crippen LogP contribution in [0, 0.1) is 0 Å². The van der Waals surface area contributed by atoms with E-state index in [4.69, 9.17) is 0 Å². The molecule has 0 saturated heterocycles. The molecule has 0 spiro atoms. The van der Waals surface area contributed by atoms with Crippen LogP contribution >= 0.6 is 0 Å². The molecule has 0 aliphatic heterocycles. The molecular weight excluding hydrogens is 230 g/mol. The highest BCUT2D eigenvalue weighted by atomic mass is 16.4. The fraction of sp³-hybridized carbons (Fsp3) is 0. The lowest BCUT2D eigenvalue weighted by atomic mass is 10.2. The van der Waals surface area contributed by atoms with E-state index in [2.05, 4.69) is 9.97 Å². The van der Waals surface area contributed by atoms with Gasteiger partial charge < -0.3 is 5.11 Å². The zero-order chi connectivity index (χ0) is 12.5. The number of hydrogen-bond acceptors (Lipinski definition) is 3. The van der Waals surface area contributed by atoms with Gasteiger partial charge in [-0.3, -0.25) is 4.57 Å². The highest BCUT2D eigenvalue weighted by Crippen LogP contribution is 2.21. The quantitative estimate of drug-likeness (QED) is 0.743. The van der Waals surface area contributed by atoms with E-state index in [-0.39, 0.29) is 5.56 Å². The highest BCUT2D eigenvalue weighted by molar-refractivity contribution is 6.02. The van der Waals surface area contributed by atoms with Gasteiger partial charge in [0.2, 0.25) is 0 Å². The van der Waals surface area contributed by atoms with Crippen LogP contribution in [0.2, 0.25) is 0 Å². The second kappa shape index (κ2) is 3.96. The van der Waals surface area contributed by atoms with Crippen molar-refractivity contribution < 1.29 is 9.90 Å². The summed E-state index contributed by atoms with van der Waals surface area (Å²) in [6.07, 6.45) is 4.83. The Bertz CT molecular complexity index is 719. The average Bonchev–Trinajstić information content (AvgIpc) is 2.79. The van der Waals surface area contributed by atoms with Gasteiger partial charge in [0, 0.05) is 24.0 Å². The number of rotatable bonds is 2. The summed E-state index contributed by atoms with van der Waals surface area (Å²) in [5, 5.41) is 9.79. The predicted molar refractivity (Wildman–Crippen MR) is 65.8 cm³/mol. The number of carboxylic acid groups (broad SMARTS) is 1. The highest BCUT2D eigenvalue weighted by Gasteiger charge is 2.15. The minimum atomic E-state index is -0.970. The average molecular weight is 239 g/mol. The predicted octanol–water partition coefficient (Wildman–Crippen LogP) is 2.12. The summed E-state index contributed by atoms with van der Waals surface area (Å²) in [6, 6.07) is 8.92. The Morgan fingerprint density at radius 1 is 1.11 bits per heavy atom. The first-order valence-corrected chi connectivity index (χ1v) is 5.38. The van der Waals surface area contributed by atoms with Gasteiger partial charge in [-0.05, 0) is 24.3 Å². The van der Waals surface area contributed by atoms with Gasteiger partial charge in [-0.25, -0.2) is 14.8 Å². The lowest BCUT2D eigenvalue weighted by Crippen LogP contribution is -1.96. The van der Waals surface area contributed by atoms with Crippen LogP contribution in [-0.2, 0) is 0 Å². The molecule has 0 aliphatic carbocycles. The van der Waals surface area contributed by atoms with Gasteiger partial charge in [0.15, 0.2) is 0 Å². The van der Waals surface area contributed by atoms with Crippen LogP contribution in [-0.4, -0.2) is 25.6 Å². The standard InChI is InChI=1S/C13H9N3O2/c17-13(18)10-8-16(11-5-1-2-6-14-11)12-9(10)4-3-7-15-12/h1-8H,(H,17,18). The number of fused-ring (bicyclic) bond motifs is 1. The largest absolute Gasteiger partial charge is 0.478 e. The van der Waals surface area contributed by atoms with Crippen LogP contribution in [0.15, 0.2) is 48.9 Å². The summed E-state index contributed by atoms with van der Waals surface area (Å²) in [5.41, 5.74) is 0.817. The van der Waals surface area contributed by atoms with Crippen molar-refractivity contribution >= 4 is 17.0 Å². The van der Waals surface area contributed by atoms with E-state index in [0.29, 0.717) is 16.9 Å². The van der Waals surface area contributed by atoms with E-state index in [1.54, 1.807) is 47.4 Å². The van der Waals surface area contributed by atoms with Crippen molar-refractivity contribution in [2.45, 2.75) is 0 Å². The van der Waals surface area contributed by atoms with E-state index in [9.17, 15) is 9.90 Å². The minimum absolute atomic E-state index is 0.226. The molecular formula is C13H9N3O2. The molecule has 3 aromatic heterocycles. The molecule has 88 valence electrons. The number of nitrogens with zero attached hydrogens (tertiary/aromatic N) is 3. The molecule has 3 aromatic rings. The first-order chi connectivity index (χ1) is 8.77. The van der Waals surface area contributed by atoms with Gasteiger partial charge in [0.25, 0.3) is 0 Å². The molecule has 0 fully saturated rings. The molecule has 0 unspecified atom stereocenters. The molecule has 0 aromatic carbocycles. The maximum Gasteiger partial charge on any atom is 0.337 e. The van der Waals surface area contributed by atoms with E-state index in [1.807, 2.05) is 6.07 Å². The molecule has 18 heavy (non-hydrogen) atoms. The van der Waals surface area contributed by atoms with Crippen LogP contribution in [0.4, 0.5) is 0 Å². The van der Waals surface area contributed by atoms with Gasteiger partial charge in [-0.2, -0.15) is 0 Å². The molecule has 0 amide bonds. The molecule has 0 atom stereocenters. The molecule has 5 heteroatoms. The van der Waals surface area contributed by atoms with Crippen LogP contribution in [0.1, 0.15) is 10.4 Å². The van der Waals surface area contributed by atoms with Crippen molar-refractivity contribution in [3.8, 4) is 5.82 Å². The Hall–Kier alpha value is -2.69. The van der Waals surface area contributed by atoms with Crippen molar-refractivity contribution in [3.05, 3.63) is 54.5 Å². The number of pyridine rings is 2. The number of carbonyl (C=O) groups is 1. The normalized spacial score (nSPS) is 10.7. The summed E-state index contributed by atoms with van der Waals surface area (Å²) in [4.78, 5) is 19.6. The molecule has 3 heterocycles. The second-order valence-electron chi connectivity index (χ2n) is 3.78. The Kier molecular flexibility index (Phi) is 2.30. The van der Waals surface area contributed by atoms with Crippen LogP contribution < -0.4 is 0 Å². The topological polar surface area (TPSA) is 68.0 Å². The summed E-state index contributed by atoms with van der Waals surface area (Å²) in [6.45, 7) is 0. The van der Waals surface area contributed by atoms with Crippen molar-refractivity contribution in [3.63, 3.8) is 0 Å². The fourth-order valence-electron chi connectivity index (χ4n) is 1.90. The van der Waals surface area contributed by atoms with E-state index in [0.717, 1.165) is 0 Å². The third kappa shape index (κ3) is 1.53. The second-order valence-corrected chi connectivity index (χ2v) is 3.78. The Labute approximate surface area is 102 Å². The summed E-state index contributed by atoms with van der Waals surface area (Å²) in [7, 11) is 0. The van der Waals surface area contributed by atoms with Crippen LogP contribution in [0.25, 0.3) is 16.9 Å². The van der Waals surface area contributed by atoms with E-state index >= 15 is 0 Å². The van der Waals surface area contributed by atoms with Gasteiger partial charge in [0.1, 0.15) is 11.5 Å². The van der Waals surface area contributed by atoms with Crippen LogP contribution in [0.3, 0.4) is 0 Å². The summed E-state index contributed by atoms with van der Waals surface area (Å²) < 4.78 is 1.68. The van der Waals surface area contributed by atoms with Crippen molar-refractivity contribution in [2.75, 3.05) is 0 Å². The van der Waals surface area contributed by atoms with Crippen molar-refractivity contribution in [1.29, 1.82) is 0 Å². The van der Waals surface area contributed by atoms with Crippen molar-refractivity contribution in [2.24, 2.45) is 0 Å². The van der Waals surface area contributed by atoms with Crippen LogP contribution in [0.5, 0.6) is 0 Å². The van der Waals surface area contributed by atoms with Gasteiger partial charge in [0.05, 0.1) is 5.56 Å². The SMILES string of the molecule is O=C(O)c1cn(-c2ccccn2)c2ncccc12. The van der Waals surface area contributed by atoms with Crippen molar-refractivity contribution in [1.82, 2.24) is 14.5 Å². The number of carboxylic acids is 1. The monoisotopic (exact) mass is 239 g/mol. The lowest BCUT2D eigenvalue weighted by Gasteiger charge is -2.01. The Morgan fingerprint density at radius 2 is 1.94 bits per heavy atom. The third-order valence-electron chi connectivity index (χ3n) is 2.69. The summed E-state index contributed by atoms with van der Waals surface area (Å²) >= 11 is 0. The minimum Gasteiger partial charge on any atom is -0.478 e. The number of aromatic carboxylic acids is 1. The smallest absolute Gasteiger partial charge is 0.337 e. The molecule has 1 N–H and O–H groups in total. The maximum atomic E-state index is 11.2.